The van der Waals surface area contributed by atoms with E-state index in [1.54, 1.807) is 6.08 Å². The van der Waals surface area contributed by atoms with Gasteiger partial charge in [0, 0.05) is 0 Å². The summed E-state index contributed by atoms with van der Waals surface area (Å²) in [5, 5.41) is 10.6. The molecule has 8 nitrogen and oxygen atoms in total. The van der Waals surface area contributed by atoms with Crippen molar-refractivity contribution in [2.24, 2.45) is 5.41 Å². The Morgan fingerprint density at radius 3 is 1.63 bits per heavy atom. The molecule has 0 aliphatic heterocycles. The predicted octanol–water partition coefficient (Wildman–Crippen LogP) is 0.964. The Hall–Kier alpha value is -1.00. The summed E-state index contributed by atoms with van der Waals surface area (Å²) in [6.45, 7) is 7.51. The van der Waals surface area contributed by atoms with Crippen LogP contribution in [0.2, 0.25) is 0 Å². The van der Waals surface area contributed by atoms with E-state index in [4.69, 9.17) is 0 Å². The molecule has 0 heterocycles. The molecule has 0 saturated carbocycles. The average Bonchev–Trinajstić information content (AvgIpc) is 2.11. The molecular weight excluding hydrogens is 276 g/mol. The van der Waals surface area contributed by atoms with Gasteiger partial charge in [0.1, 0.15) is 0 Å². The summed E-state index contributed by atoms with van der Waals surface area (Å²) in [5.74, 6) is -1.06. The molecule has 118 valence electrons. The highest BCUT2D eigenvalue weighted by Crippen LogP contribution is 2.24. The highest BCUT2D eigenvalue weighted by Gasteiger charge is 2.16. The van der Waals surface area contributed by atoms with Crippen LogP contribution >= 0.6 is 0 Å². The van der Waals surface area contributed by atoms with E-state index >= 15 is 0 Å². The second-order valence-corrected chi connectivity index (χ2v) is 5.29. The van der Waals surface area contributed by atoms with Gasteiger partial charge in [0.2, 0.25) is 10.4 Å². The molecule has 0 atom stereocenters. The fraction of sp³-hybridized carbons (Fsp3) is 0.700. The molecule has 0 aliphatic rings. The average molecular weight is 302 g/mol. The summed E-state index contributed by atoms with van der Waals surface area (Å²) in [6.07, 6.45) is 2.44. The lowest BCUT2D eigenvalue weighted by Gasteiger charge is -2.23. The summed E-state index contributed by atoms with van der Waals surface area (Å²) in [6, 6.07) is 0. The van der Waals surface area contributed by atoms with Crippen molar-refractivity contribution in [3.05, 3.63) is 11.6 Å². The molecule has 0 radical (unpaired) electrons. The number of aliphatic carboxylic acids is 1. The molecule has 0 bridgehead atoms. The van der Waals surface area contributed by atoms with Gasteiger partial charge < -0.3 is 26.8 Å². The SMILES string of the molecule is CCC=C(C(=O)[O-])C(C)(C)C.COS(=O)(=O)[O-].[NH4+].[NH4+]. The molecule has 0 amide bonds. The minimum Gasteiger partial charge on any atom is -0.726 e. The monoisotopic (exact) mass is 302 g/mol. The third-order valence-corrected chi connectivity index (χ3v) is 2.05. The lowest BCUT2D eigenvalue weighted by Crippen LogP contribution is -2.31. The van der Waals surface area contributed by atoms with Gasteiger partial charge in [-0.15, -0.1) is 0 Å². The van der Waals surface area contributed by atoms with Crippen LogP contribution in [0, 0.1) is 5.41 Å². The van der Waals surface area contributed by atoms with Gasteiger partial charge >= 0.3 is 0 Å². The second kappa shape index (κ2) is 10.9. The van der Waals surface area contributed by atoms with Crippen LogP contribution in [0.15, 0.2) is 11.6 Å². The number of hydrogen-bond donors (Lipinski definition) is 2. The molecule has 0 saturated heterocycles. The highest BCUT2D eigenvalue weighted by atomic mass is 32.3. The molecule has 0 spiro atoms. The molecule has 8 N–H and O–H groups in total. The maximum atomic E-state index is 10.6. The van der Waals surface area contributed by atoms with E-state index in [0.717, 1.165) is 13.5 Å². The van der Waals surface area contributed by atoms with Crippen LogP contribution in [0.4, 0.5) is 0 Å². The maximum absolute atomic E-state index is 10.6. The number of carbonyl (C=O) groups excluding carboxylic acids is 1. The maximum Gasteiger partial charge on any atom is 0.217 e. The third kappa shape index (κ3) is 17.0. The third-order valence-electron chi connectivity index (χ3n) is 1.64. The van der Waals surface area contributed by atoms with Crippen molar-refractivity contribution in [3.63, 3.8) is 0 Å². The fourth-order valence-electron chi connectivity index (χ4n) is 0.900. The second-order valence-electron chi connectivity index (χ2n) is 4.14. The Morgan fingerprint density at radius 1 is 1.26 bits per heavy atom. The topological polar surface area (TPSA) is 180 Å². The summed E-state index contributed by atoms with van der Waals surface area (Å²) in [5.41, 5.74) is 0.0782. The number of allylic oxidation sites excluding steroid dienone is 1. The highest BCUT2D eigenvalue weighted by molar-refractivity contribution is 7.80. The van der Waals surface area contributed by atoms with Crippen LogP contribution in [-0.2, 0) is 19.4 Å². The van der Waals surface area contributed by atoms with Crippen LogP contribution in [0.3, 0.4) is 0 Å². The summed E-state index contributed by atoms with van der Waals surface area (Å²) >= 11 is 0. The van der Waals surface area contributed by atoms with Crippen LogP contribution in [0.1, 0.15) is 34.1 Å². The molecule has 0 fully saturated rings. The number of carboxylic acid groups (broad SMARTS) is 1. The minimum atomic E-state index is -4.41. The zero-order valence-corrected chi connectivity index (χ0v) is 13.5. The van der Waals surface area contributed by atoms with Crippen LogP contribution < -0.4 is 17.4 Å². The number of carbonyl (C=O) groups is 1. The lowest BCUT2D eigenvalue weighted by atomic mass is 9.86. The van der Waals surface area contributed by atoms with Crippen molar-refractivity contribution < 1.29 is 27.1 Å². The normalized spacial score (nSPS) is 11.4. The first-order valence-corrected chi connectivity index (χ1v) is 6.22. The van der Waals surface area contributed by atoms with E-state index in [0.29, 0.717) is 5.57 Å². The van der Waals surface area contributed by atoms with E-state index in [1.165, 1.54) is 0 Å². The van der Waals surface area contributed by atoms with Gasteiger partial charge in [-0.3, -0.25) is 4.18 Å². The Bertz CT molecular complexity index is 370. The van der Waals surface area contributed by atoms with Crippen molar-refractivity contribution in [3.8, 4) is 0 Å². The number of carboxylic acids is 1. The fourth-order valence-corrected chi connectivity index (χ4v) is 0.900. The van der Waals surface area contributed by atoms with Gasteiger partial charge in [0.05, 0.1) is 13.1 Å². The van der Waals surface area contributed by atoms with E-state index in [2.05, 4.69) is 4.18 Å². The zero-order valence-electron chi connectivity index (χ0n) is 12.6. The molecule has 19 heavy (non-hydrogen) atoms. The number of hydrogen-bond acceptors (Lipinski definition) is 6. The molecule has 0 aromatic carbocycles. The van der Waals surface area contributed by atoms with Gasteiger partial charge in [-0.05, 0) is 17.4 Å². The first-order chi connectivity index (χ1) is 7.45. The van der Waals surface area contributed by atoms with E-state index in [1.807, 2.05) is 27.7 Å². The molecule has 0 unspecified atom stereocenters. The Kier molecular flexibility index (Phi) is 15.2. The quantitative estimate of drug-likeness (QED) is 0.445. The van der Waals surface area contributed by atoms with Crippen LogP contribution in [0.25, 0.3) is 0 Å². The van der Waals surface area contributed by atoms with Crippen LogP contribution in [-0.4, -0.2) is 26.0 Å². The molecule has 0 aromatic heterocycles. The Morgan fingerprint density at radius 2 is 1.58 bits per heavy atom. The van der Waals surface area contributed by atoms with Crippen LogP contribution in [0.5, 0.6) is 0 Å². The minimum absolute atomic E-state index is 0. The van der Waals surface area contributed by atoms with Gasteiger partial charge in [-0.1, -0.05) is 33.8 Å². The number of rotatable bonds is 3. The van der Waals surface area contributed by atoms with Crippen molar-refractivity contribution in [1.82, 2.24) is 12.3 Å². The van der Waals surface area contributed by atoms with Gasteiger partial charge in [0.15, 0.2) is 0 Å². The largest absolute Gasteiger partial charge is 0.726 e. The van der Waals surface area contributed by atoms with E-state index < -0.39 is 16.4 Å². The first kappa shape index (κ1) is 26.5. The predicted molar refractivity (Wildman–Crippen MR) is 71.5 cm³/mol. The van der Waals surface area contributed by atoms with Gasteiger partial charge in [-0.25, -0.2) is 8.42 Å². The lowest BCUT2D eigenvalue weighted by molar-refractivity contribution is -0.300. The first-order valence-electron chi connectivity index (χ1n) is 4.89. The van der Waals surface area contributed by atoms with Crippen molar-refractivity contribution in [2.75, 3.05) is 7.11 Å². The van der Waals surface area contributed by atoms with Crippen molar-refractivity contribution in [2.45, 2.75) is 34.1 Å². The summed E-state index contributed by atoms with van der Waals surface area (Å²) in [7, 11) is -3.60. The summed E-state index contributed by atoms with van der Waals surface area (Å²) < 4.78 is 31.0. The molecule has 0 rings (SSSR count). The van der Waals surface area contributed by atoms with Crippen molar-refractivity contribution in [1.29, 1.82) is 0 Å². The number of quaternary nitrogens is 2. The Balaban J connectivity index is -0.000000123. The molecule has 9 heteroatoms. The summed E-state index contributed by atoms with van der Waals surface area (Å²) in [4.78, 5) is 10.6. The Labute approximate surface area is 115 Å². The molecule has 0 aliphatic carbocycles. The molecule has 0 aromatic rings. The van der Waals surface area contributed by atoms with Gasteiger partial charge in [0.25, 0.3) is 0 Å². The standard InChI is InChI=1S/C9H16O2.CH4O4S.2H3N/c1-5-6-7(8(10)11)9(2,3)4;1-5-6(2,3)4;;/h6H,5H2,1-4H3,(H,10,11);1H3,(H,2,3,4);2*1H3. The smallest absolute Gasteiger partial charge is 0.217 e. The zero-order chi connectivity index (χ0) is 14.3. The molecular formula is C10H26N2O6S. The van der Waals surface area contributed by atoms with E-state index in [9.17, 15) is 22.9 Å². The van der Waals surface area contributed by atoms with Crippen molar-refractivity contribution >= 4 is 16.4 Å². The van der Waals surface area contributed by atoms with E-state index in [-0.39, 0.29) is 17.7 Å². The van der Waals surface area contributed by atoms with Gasteiger partial charge in [-0.2, -0.15) is 0 Å².